The van der Waals surface area contributed by atoms with Crippen LogP contribution in [0.1, 0.15) is 66.3 Å². The van der Waals surface area contributed by atoms with Crippen LogP contribution in [0.25, 0.3) is 10.9 Å². The quantitative estimate of drug-likeness (QED) is 0.773. The van der Waals surface area contributed by atoms with Gasteiger partial charge in [-0.25, -0.2) is 4.39 Å². The fourth-order valence-corrected chi connectivity index (χ4v) is 3.71. The van der Waals surface area contributed by atoms with Crippen LogP contribution in [0.3, 0.4) is 0 Å². The first-order valence-electron chi connectivity index (χ1n) is 9.12. The topological polar surface area (TPSA) is 75.0 Å². The molecule has 0 bridgehead atoms. The van der Waals surface area contributed by atoms with E-state index in [0.29, 0.717) is 40.8 Å². The van der Waals surface area contributed by atoms with Crippen LogP contribution in [-0.2, 0) is 0 Å². The number of halogens is 1. The minimum atomic E-state index is -0.333. The Kier molecular flexibility index (Phi) is 3.55. The SMILES string of the molecule is O=C(c1cc2c(F)cccc2[nH]1)N1CCCCC1c1noc(C2CC2)n1. The van der Waals surface area contributed by atoms with Gasteiger partial charge in [-0.3, -0.25) is 4.79 Å². The van der Waals surface area contributed by atoms with E-state index < -0.39 is 0 Å². The Morgan fingerprint density at radius 1 is 1.27 bits per heavy atom. The van der Waals surface area contributed by atoms with Crippen molar-refractivity contribution >= 4 is 16.8 Å². The Morgan fingerprint density at radius 3 is 2.96 bits per heavy atom. The van der Waals surface area contributed by atoms with E-state index in [9.17, 15) is 9.18 Å². The summed E-state index contributed by atoms with van der Waals surface area (Å²) in [6.45, 7) is 0.634. The van der Waals surface area contributed by atoms with Gasteiger partial charge in [0.25, 0.3) is 5.91 Å². The lowest BCUT2D eigenvalue weighted by Crippen LogP contribution is -2.39. The Bertz CT molecular complexity index is 975. The Labute approximate surface area is 149 Å². The molecule has 1 aromatic carbocycles. The maximum absolute atomic E-state index is 14.0. The molecule has 1 aliphatic heterocycles. The van der Waals surface area contributed by atoms with Gasteiger partial charge in [0.15, 0.2) is 5.82 Å². The molecule has 2 fully saturated rings. The molecule has 6 nitrogen and oxygen atoms in total. The van der Waals surface area contributed by atoms with Crippen LogP contribution in [0.4, 0.5) is 4.39 Å². The van der Waals surface area contributed by atoms with Gasteiger partial charge in [0.2, 0.25) is 5.89 Å². The number of hydrogen-bond acceptors (Lipinski definition) is 4. The summed E-state index contributed by atoms with van der Waals surface area (Å²) in [5.74, 6) is 1.18. The lowest BCUT2D eigenvalue weighted by molar-refractivity contribution is 0.0591. The third-order valence-corrected chi connectivity index (χ3v) is 5.29. The van der Waals surface area contributed by atoms with Crippen LogP contribution in [0.15, 0.2) is 28.8 Å². The summed E-state index contributed by atoms with van der Waals surface area (Å²) in [5, 5.41) is 4.56. The van der Waals surface area contributed by atoms with Crippen LogP contribution < -0.4 is 0 Å². The summed E-state index contributed by atoms with van der Waals surface area (Å²) >= 11 is 0. The van der Waals surface area contributed by atoms with Crippen molar-refractivity contribution in [1.29, 1.82) is 0 Å². The lowest BCUT2D eigenvalue weighted by Gasteiger charge is -2.33. The first-order valence-corrected chi connectivity index (χ1v) is 9.12. The Balaban J connectivity index is 1.46. The maximum atomic E-state index is 14.0. The van der Waals surface area contributed by atoms with Crippen molar-refractivity contribution in [2.75, 3.05) is 6.54 Å². The highest BCUT2D eigenvalue weighted by Crippen LogP contribution is 2.40. The average molecular weight is 354 g/mol. The molecular weight excluding hydrogens is 335 g/mol. The fraction of sp³-hybridized carbons (Fsp3) is 0.421. The van der Waals surface area contributed by atoms with Crippen LogP contribution in [0.5, 0.6) is 0 Å². The molecular formula is C19H19FN4O2. The van der Waals surface area contributed by atoms with E-state index in [0.717, 1.165) is 32.1 Å². The number of H-pyrrole nitrogens is 1. The zero-order chi connectivity index (χ0) is 17.7. The summed E-state index contributed by atoms with van der Waals surface area (Å²) in [5.41, 5.74) is 1.01. The molecule has 3 aromatic rings. The van der Waals surface area contributed by atoms with E-state index in [-0.39, 0.29) is 17.8 Å². The Hall–Kier alpha value is -2.70. The molecule has 2 aromatic heterocycles. The summed E-state index contributed by atoms with van der Waals surface area (Å²) in [6, 6.07) is 6.19. The zero-order valence-corrected chi connectivity index (χ0v) is 14.2. The standard InChI is InChI=1S/C19H19FN4O2/c20-13-4-3-5-14-12(13)10-15(21-14)19(25)24-9-2-1-6-16(24)17-22-18(26-23-17)11-7-8-11/h3-5,10-11,16,21H,1-2,6-9H2. The molecule has 1 N–H and O–H groups in total. The molecule has 0 spiro atoms. The van der Waals surface area contributed by atoms with E-state index in [4.69, 9.17) is 4.52 Å². The van der Waals surface area contributed by atoms with Gasteiger partial charge in [0, 0.05) is 23.4 Å². The molecule has 1 amide bonds. The van der Waals surface area contributed by atoms with Crippen molar-refractivity contribution in [3.63, 3.8) is 0 Å². The first-order chi connectivity index (χ1) is 12.7. The largest absolute Gasteiger partial charge is 0.350 e. The molecule has 3 heterocycles. The van der Waals surface area contributed by atoms with Crippen LogP contribution in [0, 0.1) is 5.82 Å². The maximum Gasteiger partial charge on any atom is 0.270 e. The number of likely N-dealkylation sites (tertiary alicyclic amines) is 1. The van der Waals surface area contributed by atoms with Gasteiger partial charge in [0.05, 0.1) is 6.04 Å². The van der Waals surface area contributed by atoms with E-state index in [2.05, 4.69) is 15.1 Å². The molecule has 1 atom stereocenters. The van der Waals surface area contributed by atoms with Gasteiger partial charge in [-0.15, -0.1) is 0 Å². The summed E-state index contributed by atoms with van der Waals surface area (Å²) in [4.78, 5) is 22.5. The minimum absolute atomic E-state index is 0.150. The van der Waals surface area contributed by atoms with Crippen LogP contribution in [0.2, 0.25) is 0 Å². The van der Waals surface area contributed by atoms with Crippen molar-refractivity contribution < 1.29 is 13.7 Å². The number of rotatable bonds is 3. The Morgan fingerprint density at radius 2 is 2.15 bits per heavy atom. The molecule has 26 heavy (non-hydrogen) atoms. The predicted molar refractivity (Wildman–Crippen MR) is 92.2 cm³/mol. The smallest absolute Gasteiger partial charge is 0.270 e. The highest BCUT2D eigenvalue weighted by molar-refractivity contribution is 5.98. The number of fused-ring (bicyclic) bond motifs is 1. The number of benzene rings is 1. The van der Waals surface area contributed by atoms with E-state index in [1.807, 2.05) is 0 Å². The van der Waals surface area contributed by atoms with Crippen molar-refractivity contribution in [3.8, 4) is 0 Å². The van der Waals surface area contributed by atoms with Gasteiger partial charge < -0.3 is 14.4 Å². The average Bonchev–Trinajstić information content (AvgIpc) is 3.22. The second kappa shape index (κ2) is 5.93. The molecule has 1 unspecified atom stereocenters. The van der Waals surface area contributed by atoms with E-state index >= 15 is 0 Å². The molecule has 1 aliphatic carbocycles. The molecule has 134 valence electrons. The summed E-state index contributed by atoms with van der Waals surface area (Å²) < 4.78 is 19.3. The van der Waals surface area contributed by atoms with Crippen LogP contribution in [-0.4, -0.2) is 32.5 Å². The van der Waals surface area contributed by atoms with Gasteiger partial charge in [-0.2, -0.15) is 4.98 Å². The molecule has 1 saturated heterocycles. The number of aromatic amines is 1. The van der Waals surface area contributed by atoms with Crippen LogP contribution >= 0.6 is 0 Å². The zero-order valence-electron chi connectivity index (χ0n) is 14.2. The third-order valence-electron chi connectivity index (χ3n) is 5.29. The number of piperidine rings is 1. The number of nitrogens with zero attached hydrogens (tertiary/aromatic N) is 3. The van der Waals surface area contributed by atoms with Crippen molar-refractivity contribution in [3.05, 3.63) is 47.5 Å². The second-order valence-corrected chi connectivity index (χ2v) is 7.16. The molecule has 1 saturated carbocycles. The second-order valence-electron chi connectivity index (χ2n) is 7.16. The predicted octanol–water partition coefficient (Wildman–Crippen LogP) is 3.93. The number of carbonyl (C=O) groups is 1. The van der Waals surface area contributed by atoms with Crippen molar-refractivity contribution in [2.45, 2.75) is 44.1 Å². The van der Waals surface area contributed by atoms with Gasteiger partial charge in [0.1, 0.15) is 11.5 Å². The minimum Gasteiger partial charge on any atom is -0.350 e. The van der Waals surface area contributed by atoms with Gasteiger partial charge in [-0.1, -0.05) is 11.2 Å². The number of nitrogens with one attached hydrogen (secondary N) is 1. The molecule has 2 aliphatic rings. The first kappa shape index (κ1) is 15.5. The normalized spacial score (nSPS) is 20.7. The highest BCUT2D eigenvalue weighted by Gasteiger charge is 2.35. The molecule has 7 heteroatoms. The monoisotopic (exact) mass is 354 g/mol. The van der Waals surface area contributed by atoms with Crippen molar-refractivity contribution in [2.24, 2.45) is 0 Å². The number of carbonyl (C=O) groups excluding carboxylic acids is 1. The van der Waals surface area contributed by atoms with Crippen molar-refractivity contribution in [1.82, 2.24) is 20.0 Å². The van der Waals surface area contributed by atoms with E-state index in [1.54, 1.807) is 23.1 Å². The fourth-order valence-electron chi connectivity index (χ4n) is 3.71. The highest BCUT2D eigenvalue weighted by atomic mass is 19.1. The number of hydrogen-bond donors (Lipinski definition) is 1. The lowest BCUT2D eigenvalue weighted by atomic mass is 10.0. The van der Waals surface area contributed by atoms with E-state index in [1.165, 1.54) is 6.07 Å². The van der Waals surface area contributed by atoms with Gasteiger partial charge >= 0.3 is 0 Å². The third kappa shape index (κ3) is 2.58. The number of aromatic nitrogens is 3. The summed E-state index contributed by atoms with van der Waals surface area (Å²) in [7, 11) is 0. The number of amides is 1. The molecule has 5 rings (SSSR count). The van der Waals surface area contributed by atoms with Gasteiger partial charge in [-0.05, 0) is 50.3 Å². The summed E-state index contributed by atoms with van der Waals surface area (Å²) in [6.07, 6.45) is 4.95. The molecule has 0 radical (unpaired) electrons.